The molecule has 17 heavy (non-hydrogen) atoms. The summed E-state index contributed by atoms with van der Waals surface area (Å²) in [5.41, 5.74) is 1.85. The van der Waals surface area contributed by atoms with Crippen LogP contribution in [0.2, 0.25) is 0 Å². The molecule has 0 saturated heterocycles. The summed E-state index contributed by atoms with van der Waals surface area (Å²) in [5, 5.41) is 3.12. The van der Waals surface area contributed by atoms with Crippen LogP contribution in [-0.4, -0.2) is 23.9 Å². The van der Waals surface area contributed by atoms with Crippen molar-refractivity contribution in [2.24, 2.45) is 0 Å². The minimum absolute atomic E-state index is 0.207. The molecule has 90 valence electrons. The molecular weight excluding hydrogens is 212 g/mol. The van der Waals surface area contributed by atoms with Crippen LogP contribution >= 0.6 is 0 Å². The van der Waals surface area contributed by atoms with E-state index in [1.54, 1.807) is 0 Å². The van der Waals surface area contributed by atoms with Gasteiger partial charge in [-0.15, -0.1) is 0 Å². The number of para-hydroxylation sites is 1. The summed E-state index contributed by atoms with van der Waals surface area (Å²) < 4.78 is 0. The third-order valence-corrected chi connectivity index (χ3v) is 2.98. The number of fused-ring (bicyclic) bond motifs is 1. The van der Waals surface area contributed by atoms with E-state index >= 15 is 0 Å². The Hall–Kier alpha value is -1.61. The van der Waals surface area contributed by atoms with Gasteiger partial charge in [-0.2, -0.15) is 0 Å². The molecule has 2 rings (SSSR count). The number of ketones is 1. The minimum atomic E-state index is 0.207. The summed E-state index contributed by atoms with van der Waals surface area (Å²) in [6.07, 6.45) is 4.17. The zero-order valence-electron chi connectivity index (χ0n) is 10.2. The number of benzene rings is 1. The number of Topliss-reactive ketones (excluding diaryl/α,β-unsaturated/α-hetero) is 1. The van der Waals surface area contributed by atoms with Crippen LogP contribution in [0.1, 0.15) is 30.1 Å². The minimum Gasteiger partial charge on any atom is -0.360 e. The first-order chi connectivity index (χ1) is 8.33. The lowest BCUT2D eigenvalue weighted by atomic mass is 10.1. The van der Waals surface area contributed by atoms with Crippen molar-refractivity contribution in [1.29, 1.82) is 0 Å². The number of nitrogens with one attached hydrogen (secondary N) is 1. The Morgan fingerprint density at radius 3 is 3.00 bits per heavy atom. The second-order valence-corrected chi connectivity index (χ2v) is 4.31. The number of hydrogen-bond acceptors (Lipinski definition) is 1. The van der Waals surface area contributed by atoms with Gasteiger partial charge in [-0.25, -0.2) is 0 Å². The predicted octanol–water partition coefficient (Wildman–Crippen LogP) is 1.71. The van der Waals surface area contributed by atoms with E-state index in [9.17, 15) is 4.79 Å². The smallest absolute Gasteiger partial charge is 0.218 e. The zero-order chi connectivity index (χ0) is 12.1. The molecule has 1 aromatic heterocycles. The van der Waals surface area contributed by atoms with Crippen LogP contribution in [0.25, 0.3) is 10.9 Å². The zero-order valence-corrected chi connectivity index (χ0v) is 10.2. The molecule has 3 N–H and O–H groups in total. The maximum Gasteiger partial charge on any atom is 0.218 e. The fourth-order valence-corrected chi connectivity index (χ4v) is 1.99. The number of rotatable bonds is 6. The SMILES string of the molecule is CCCC[NH2+]CC(=O)c1c[nH]c2ccccc12. The fraction of sp³-hybridized carbons (Fsp3) is 0.357. The van der Waals surface area contributed by atoms with E-state index in [0.717, 1.165) is 23.0 Å². The van der Waals surface area contributed by atoms with Gasteiger partial charge in [-0.1, -0.05) is 31.5 Å². The molecule has 0 saturated carbocycles. The maximum absolute atomic E-state index is 12.0. The van der Waals surface area contributed by atoms with Crippen LogP contribution in [0, 0.1) is 0 Å². The van der Waals surface area contributed by atoms with Crippen molar-refractivity contribution in [2.75, 3.05) is 13.1 Å². The van der Waals surface area contributed by atoms with E-state index in [1.165, 1.54) is 12.8 Å². The molecule has 0 atom stereocenters. The van der Waals surface area contributed by atoms with Crippen molar-refractivity contribution in [2.45, 2.75) is 19.8 Å². The number of aromatic nitrogens is 1. The molecule has 0 bridgehead atoms. The van der Waals surface area contributed by atoms with Crippen molar-refractivity contribution in [1.82, 2.24) is 4.98 Å². The summed E-state index contributed by atoms with van der Waals surface area (Å²) in [7, 11) is 0. The quantitative estimate of drug-likeness (QED) is 0.577. The Balaban J connectivity index is 2.04. The van der Waals surface area contributed by atoms with Gasteiger partial charge in [0.2, 0.25) is 5.78 Å². The molecule has 0 radical (unpaired) electrons. The van der Waals surface area contributed by atoms with Gasteiger partial charge in [0.1, 0.15) is 6.54 Å². The Morgan fingerprint density at radius 2 is 2.18 bits per heavy atom. The van der Waals surface area contributed by atoms with E-state index in [-0.39, 0.29) is 5.78 Å². The summed E-state index contributed by atoms with van der Waals surface area (Å²) in [5.74, 6) is 0.207. The van der Waals surface area contributed by atoms with Crippen LogP contribution in [-0.2, 0) is 0 Å². The number of H-pyrrole nitrogens is 1. The lowest BCUT2D eigenvalue weighted by Crippen LogP contribution is -2.85. The molecule has 0 aliphatic carbocycles. The largest absolute Gasteiger partial charge is 0.360 e. The standard InChI is InChI=1S/C14H18N2O/c1-2-3-8-15-10-14(17)12-9-16-13-7-5-4-6-11(12)13/h4-7,9,15-16H,2-3,8,10H2,1H3/p+1. The van der Waals surface area contributed by atoms with Crippen molar-refractivity contribution < 1.29 is 10.1 Å². The van der Waals surface area contributed by atoms with E-state index in [2.05, 4.69) is 17.2 Å². The van der Waals surface area contributed by atoms with Crippen molar-refractivity contribution in [3.63, 3.8) is 0 Å². The van der Waals surface area contributed by atoms with Gasteiger partial charge in [0.05, 0.1) is 6.54 Å². The highest BCUT2D eigenvalue weighted by Crippen LogP contribution is 2.17. The molecule has 1 aromatic carbocycles. The highest BCUT2D eigenvalue weighted by molar-refractivity contribution is 6.08. The summed E-state index contributed by atoms with van der Waals surface area (Å²) in [6.45, 7) is 3.74. The molecule has 2 aromatic rings. The molecule has 0 amide bonds. The summed E-state index contributed by atoms with van der Waals surface area (Å²) in [4.78, 5) is 15.2. The van der Waals surface area contributed by atoms with Gasteiger partial charge in [-0.3, -0.25) is 4.79 Å². The van der Waals surface area contributed by atoms with E-state index in [0.29, 0.717) is 6.54 Å². The van der Waals surface area contributed by atoms with Gasteiger partial charge in [0.25, 0.3) is 0 Å². The summed E-state index contributed by atoms with van der Waals surface area (Å²) in [6, 6.07) is 7.92. The van der Waals surface area contributed by atoms with Crippen molar-refractivity contribution in [3.05, 3.63) is 36.0 Å². The van der Waals surface area contributed by atoms with Gasteiger partial charge >= 0.3 is 0 Å². The monoisotopic (exact) mass is 231 g/mol. The van der Waals surface area contributed by atoms with Crippen LogP contribution in [0.3, 0.4) is 0 Å². The second-order valence-electron chi connectivity index (χ2n) is 4.31. The molecule has 3 nitrogen and oxygen atoms in total. The molecule has 0 fully saturated rings. The number of carbonyl (C=O) groups is 1. The first-order valence-corrected chi connectivity index (χ1v) is 6.24. The van der Waals surface area contributed by atoms with Crippen LogP contribution in [0.5, 0.6) is 0 Å². The normalized spacial score (nSPS) is 10.9. The number of unbranched alkanes of at least 4 members (excludes halogenated alkanes) is 1. The van der Waals surface area contributed by atoms with E-state index < -0.39 is 0 Å². The van der Waals surface area contributed by atoms with E-state index in [1.807, 2.05) is 30.5 Å². The van der Waals surface area contributed by atoms with Crippen molar-refractivity contribution in [3.8, 4) is 0 Å². The third-order valence-electron chi connectivity index (χ3n) is 2.98. The lowest BCUT2D eigenvalue weighted by Gasteiger charge is -1.99. The number of aromatic amines is 1. The number of quaternary nitrogens is 1. The maximum atomic E-state index is 12.0. The topological polar surface area (TPSA) is 49.5 Å². The number of carbonyl (C=O) groups excluding carboxylic acids is 1. The first kappa shape index (κ1) is 11.9. The first-order valence-electron chi connectivity index (χ1n) is 6.24. The lowest BCUT2D eigenvalue weighted by molar-refractivity contribution is -0.643. The Morgan fingerprint density at radius 1 is 1.35 bits per heavy atom. The Labute approximate surface area is 101 Å². The van der Waals surface area contributed by atoms with E-state index in [4.69, 9.17) is 0 Å². The summed E-state index contributed by atoms with van der Waals surface area (Å²) >= 11 is 0. The average Bonchev–Trinajstić information content (AvgIpc) is 2.78. The van der Waals surface area contributed by atoms with Crippen LogP contribution in [0.4, 0.5) is 0 Å². The molecule has 1 heterocycles. The second kappa shape index (κ2) is 5.64. The van der Waals surface area contributed by atoms with Crippen LogP contribution < -0.4 is 5.32 Å². The predicted molar refractivity (Wildman–Crippen MR) is 69.2 cm³/mol. The van der Waals surface area contributed by atoms with Gasteiger partial charge in [0, 0.05) is 22.7 Å². The van der Waals surface area contributed by atoms with Gasteiger partial charge in [0.15, 0.2) is 0 Å². The molecule has 0 aliphatic rings. The number of hydrogen-bond donors (Lipinski definition) is 2. The molecule has 0 spiro atoms. The molecular formula is C14H19N2O+. The molecule has 0 aliphatic heterocycles. The fourth-order valence-electron chi connectivity index (χ4n) is 1.99. The van der Waals surface area contributed by atoms with Gasteiger partial charge in [-0.05, 0) is 12.5 Å². The number of nitrogens with two attached hydrogens (primary N) is 1. The third kappa shape index (κ3) is 2.74. The molecule has 3 heteroatoms. The van der Waals surface area contributed by atoms with Crippen molar-refractivity contribution >= 4 is 16.7 Å². The molecule has 0 unspecified atom stereocenters. The average molecular weight is 231 g/mol. The Kier molecular flexibility index (Phi) is 3.94. The Bertz CT molecular complexity index is 502. The van der Waals surface area contributed by atoms with Crippen LogP contribution in [0.15, 0.2) is 30.5 Å². The highest BCUT2D eigenvalue weighted by Gasteiger charge is 2.12. The van der Waals surface area contributed by atoms with Gasteiger partial charge < -0.3 is 10.3 Å². The highest BCUT2D eigenvalue weighted by atomic mass is 16.1.